The maximum Gasteiger partial charge on any atom is 0.269 e. The number of para-hydroxylation sites is 2. The third-order valence-electron chi connectivity index (χ3n) is 9.11. The minimum absolute atomic E-state index is 0.156. The van der Waals surface area contributed by atoms with Crippen LogP contribution < -0.4 is 14.4 Å². The third kappa shape index (κ3) is 3.55. The molecule has 218 valence electrons. The molecule has 3 aliphatic rings. The fraction of sp³-hybridized carbons (Fsp3) is 0.171. The topological polar surface area (TPSA) is 116 Å². The number of fused-ring (bicyclic) bond motifs is 5. The van der Waals surface area contributed by atoms with Crippen LogP contribution in [-0.2, 0) is 0 Å². The maximum atomic E-state index is 14.8. The van der Waals surface area contributed by atoms with Gasteiger partial charge in [-0.05, 0) is 29.8 Å². The Balaban J connectivity index is 1.56. The van der Waals surface area contributed by atoms with Gasteiger partial charge in [-0.3, -0.25) is 24.5 Å². The van der Waals surface area contributed by atoms with Gasteiger partial charge in [-0.1, -0.05) is 66.7 Å². The first kappa shape index (κ1) is 27.3. The van der Waals surface area contributed by atoms with E-state index in [0.29, 0.717) is 33.9 Å². The van der Waals surface area contributed by atoms with Crippen LogP contribution in [0.5, 0.6) is 11.5 Å². The molecule has 1 aliphatic carbocycles. The summed E-state index contributed by atoms with van der Waals surface area (Å²) in [6.07, 6.45) is 3.73. The molecule has 2 aliphatic heterocycles. The maximum absolute atomic E-state index is 14.8. The molecule has 0 N–H and O–H groups in total. The quantitative estimate of drug-likeness (QED) is 0.118. The van der Waals surface area contributed by atoms with E-state index in [9.17, 15) is 24.5 Å². The number of nitro benzene ring substituents is 1. The Labute approximate surface area is 252 Å². The highest BCUT2D eigenvalue weighted by molar-refractivity contribution is 6.32. The smallest absolute Gasteiger partial charge is 0.269 e. The van der Waals surface area contributed by atoms with Gasteiger partial charge in [0.15, 0.2) is 28.8 Å². The fourth-order valence-corrected chi connectivity index (χ4v) is 7.34. The number of methoxy groups -OCH3 is 2. The van der Waals surface area contributed by atoms with E-state index in [1.165, 1.54) is 38.5 Å². The highest BCUT2D eigenvalue weighted by Gasteiger charge is 2.72. The molecule has 9 heteroatoms. The zero-order chi connectivity index (χ0) is 30.7. The summed E-state index contributed by atoms with van der Waals surface area (Å²) >= 11 is 0. The van der Waals surface area contributed by atoms with Gasteiger partial charge < -0.3 is 14.4 Å². The normalized spacial score (nSPS) is 20.7. The van der Waals surface area contributed by atoms with Crippen molar-refractivity contribution in [2.75, 3.05) is 19.1 Å². The van der Waals surface area contributed by atoms with Crippen LogP contribution in [0.4, 0.5) is 11.4 Å². The van der Waals surface area contributed by atoms with Crippen LogP contribution >= 0.6 is 0 Å². The molecule has 7 rings (SSSR count). The zero-order valence-corrected chi connectivity index (χ0v) is 23.8. The van der Waals surface area contributed by atoms with Gasteiger partial charge in [0.2, 0.25) is 0 Å². The number of carbonyl (C=O) groups is 3. The van der Waals surface area contributed by atoms with Gasteiger partial charge in [-0.15, -0.1) is 0 Å². The summed E-state index contributed by atoms with van der Waals surface area (Å²) in [7, 11) is 2.97. The molecule has 0 radical (unpaired) electrons. The highest BCUT2D eigenvalue weighted by Crippen LogP contribution is 2.62. The lowest BCUT2D eigenvalue weighted by molar-refractivity contribution is -0.384. The Morgan fingerprint density at radius 1 is 0.841 bits per heavy atom. The first-order chi connectivity index (χ1) is 21.3. The molecule has 44 heavy (non-hydrogen) atoms. The van der Waals surface area contributed by atoms with Crippen LogP contribution in [0.25, 0.3) is 6.08 Å². The van der Waals surface area contributed by atoms with Gasteiger partial charge in [0.25, 0.3) is 5.69 Å². The Bertz CT molecular complexity index is 1880. The fourth-order valence-electron chi connectivity index (χ4n) is 7.34. The van der Waals surface area contributed by atoms with Gasteiger partial charge in [0.1, 0.15) is 11.5 Å². The number of ketones is 3. The van der Waals surface area contributed by atoms with Crippen molar-refractivity contribution >= 4 is 34.8 Å². The summed E-state index contributed by atoms with van der Waals surface area (Å²) in [6, 6.07) is 23.0. The summed E-state index contributed by atoms with van der Waals surface area (Å²) in [5.74, 6) is -1.45. The third-order valence-corrected chi connectivity index (χ3v) is 9.11. The number of non-ortho nitro benzene ring substituents is 1. The van der Waals surface area contributed by atoms with E-state index in [2.05, 4.69) is 0 Å². The number of anilines is 1. The second-order valence-corrected chi connectivity index (χ2v) is 11.0. The molecular weight excluding hydrogens is 560 g/mol. The lowest BCUT2D eigenvalue weighted by Crippen LogP contribution is -2.48. The molecule has 4 aromatic rings. The lowest BCUT2D eigenvalue weighted by Gasteiger charge is -2.37. The standard InChI is InChI=1S/C35H26N2O7/c1-43-27-13-7-11-25(32(27)44-2)29-30(31(38)21-14-17-22(18-15-21)37(41)42)36-26-12-6-3-8-20(26)16-19-28(36)35(29)33(39)23-9-4-5-10-24(23)34(35)40/h3-19,28-30H,1-2H3/t28-,29-,30+/m0/s1. The number of hydrogen-bond acceptors (Lipinski definition) is 8. The minimum Gasteiger partial charge on any atom is -0.493 e. The van der Waals surface area contributed by atoms with E-state index in [0.717, 1.165) is 5.56 Å². The molecule has 1 fully saturated rings. The molecule has 0 amide bonds. The van der Waals surface area contributed by atoms with Crippen molar-refractivity contribution in [3.8, 4) is 11.5 Å². The molecule has 9 nitrogen and oxygen atoms in total. The number of carbonyl (C=O) groups excluding carboxylic acids is 3. The first-order valence-corrected chi connectivity index (χ1v) is 14.1. The zero-order valence-electron chi connectivity index (χ0n) is 23.8. The number of ether oxygens (including phenoxy) is 2. The van der Waals surface area contributed by atoms with E-state index in [4.69, 9.17) is 9.47 Å². The van der Waals surface area contributed by atoms with Gasteiger partial charge in [-0.2, -0.15) is 0 Å². The number of Topliss-reactive ketones (excluding diaryl/α,β-unsaturated/α-hetero) is 3. The van der Waals surface area contributed by atoms with Crippen LogP contribution in [-0.4, -0.2) is 48.6 Å². The molecule has 4 aromatic carbocycles. The van der Waals surface area contributed by atoms with Gasteiger partial charge in [0, 0.05) is 46.0 Å². The van der Waals surface area contributed by atoms with Crippen LogP contribution in [0.1, 0.15) is 48.1 Å². The van der Waals surface area contributed by atoms with E-state index in [1.54, 1.807) is 42.5 Å². The van der Waals surface area contributed by atoms with Crippen LogP contribution in [0, 0.1) is 15.5 Å². The van der Waals surface area contributed by atoms with Crippen molar-refractivity contribution in [2.24, 2.45) is 5.41 Å². The predicted octanol–water partition coefficient (Wildman–Crippen LogP) is 5.93. The second-order valence-electron chi connectivity index (χ2n) is 11.0. The Morgan fingerprint density at radius 2 is 1.50 bits per heavy atom. The largest absolute Gasteiger partial charge is 0.493 e. The van der Waals surface area contributed by atoms with Crippen LogP contribution in [0.3, 0.4) is 0 Å². The molecule has 0 bridgehead atoms. The number of nitro groups is 1. The monoisotopic (exact) mass is 586 g/mol. The van der Waals surface area contributed by atoms with Crippen LogP contribution in [0.2, 0.25) is 0 Å². The molecular formula is C35H26N2O7. The summed E-state index contributed by atoms with van der Waals surface area (Å²) in [5.41, 5.74) is 0.937. The highest BCUT2D eigenvalue weighted by atomic mass is 16.6. The molecule has 0 aromatic heterocycles. The average Bonchev–Trinajstić information content (AvgIpc) is 3.49. The Hall–Kier alpha value is -5.57. The van der Waals surface area contributed by atoms with Crippen molar-refractivity contribution in [1.82, 2.24) is 0 Å². The molecule has 1 saturated heterocycles. The number of benzene rings is 4. The molecule has 2 heterocycles. The SMILES string of the molecule is COc1cccc([C@H]2[C@H](C(=O)c3ccc([N+](=O)[O-])cc3)N3c4ccccc4C=C[C@H]3C23C(=O)c2ccccc2C3=O)c1OC. The Morgan fingerprint density at radius 3 is 2.14 bits per heavy atom. The summed E-state index contributed by atoms with van der Waals surface area (Å²) < 4.78 is 11.5. The second kappa shape index (κ2) is 10.0. The predicted molar refractivity (Wildman–Crippen MR) is 163 cm³/mol. The summed E-state index contributed by atoms with van der Waals surface area (Å²) in [6.45, 7) is 0. The molecule has 0 unspecified atom stereocenters. The number of rotatable bonds is 6. The van der Waals surface area contributed by atoms with Crippen molar-refractivity contribution in [3.63, 3.8) is 0 Å². The van der Waals surface area contributed by atoms with E-state index in [1.807, 2.05) is 41.3 Å². The Kier molecular flexibility index (Phi) is 6.21. The summed E-state index contributed by atoms with van der Waals surface area (Å²) in [5, 5.41) is 11.4. The lowest BCUT2D eigenvalue weighted by atomic mass is 9.64. The van der Waals surface area contributed by atoms with E-state index in [-0.39, 0.29) is 22.8 Å². The average molecular weight is 587 g/mol. The molecule has 3 atom stereocenters. The molecule has 0 saturated carbocycles. The summed E-state index contributed by atoms with van der Waals surface area (Å²) in [4.78, 5) is 57.2. The van der Waals surface area contributed by atoms with Crippen molar-refractivity contribution in [2.45, 2.75) is 18.0 Å². The van der Waals surface area contributed by atoms with E-state index < -0.39 is 34.1 Å². The van der Waals surface area contributed by atoms with E-state index >= 15 is 0 Å². The van der Waals surface area contributed by atoms with Gasteiger partial charge in [-0.25, -0.2) is 0 Å². The molecule has 1 spiro atoms. The van der Waals surface area contributed by atoms with Crippen molar-refractivity contribution < 1.29 is 28.8 Å². The van der Waals surface area contributed by atoms with Gasteiger partial charge >= 0.3 is 0 Å². The first-order valence-electron chi connectivity index (χ1n) is 14.1. The minimum atomic E-state index is -1.73. The number of hydrogen-bond donors (Lipinski definition) is 0. The van der Waals surface area contributed by atoms with Gasteiger partial charge in [0.05, 0.1) is 25.2 Å². The van der Waals surface area contributed by atoms with Crippen molar-refractivity contribution in [1.29, 1.82) is 0 Å². The number of nitrogens with zero attached hydrogens (tertiary/aromatic N) is 2. The van der Waals surface area contributed by atoms with Crippen molar-refractivity contribution in [3.05, 3.63) is 135 Å². The van der Waals surface area contributed by atoms with Crippen LogP contribution in [0.15, 0.2) is 97.1 Å².